The average Bonchev–Trinajstić information content (AvgIpc) is 2.38. The van der Waals surface area contributed by atoms with E-state index in [4.69, 9.17) is 4.74 Å². The summed E-state index contributed by atoms with van der Waals surface area (Å²) in [4.78, 5) is 0. The summed E-state index contributed by atoms with van der Waals surface area (Å²) in [6.07, 6.45) is 3.01. The Labute approximate surface area is 110 Å². The summed E-state index contributed by atoms with van der Waals surface area (Å²) < 4.78 is 18.9. The molecule has 0 fully saturated rings. The zero-order valence-electron chi connectivity index (χ0n) is 11.4. The summed E-state index contributed by atoms with van der Waals surface area (Å²) in [5.74, 6) is 0.131. The average molecular weight is 253 g/mol. The van der Waals surface area contributed by atoms with Crippen molar-refractivity contribution in [2.24, 2.45) is 0 Å². The maximum atomic E-state index is 13.8. The fraction of sp³-hybridized carbons (Fsp3) is 0.600. The Morgan fingerprint density at radius 2 is 2.11 bits per heavy atom. The minimum absolute atomic E-state index is 0.0989. The van der Waals surface area contributed by atoms with Gasteiger partial charge in [0.2, 0.25) is 0 Å². The molecule has 1 aromatic carbocycles. The van der Waals surface area contributed by atoms with Crippen molar-refractivity contribution >= 4 is 0 Å². The summed E-state index contributed by atoms with van der Waals surface area (Å²) in [5.41, 5.74) is 0.817. The van der Waals surface area contributed by atoms with Crippen molar-refractivity contribution in [2.45, 2.75) is 32.1 Å². The molecule has 0 aliphatic rings. The molecule has 18 heavy (non-hydrogen) atoms. The van der Waals surface area contributed by atoms with E-state index < -0.39 is 0 Å². The van der Waals surface area contributed by atoms with E-state index in [1.807, 2.05) is 12.1 Å². The number of rotatable bonds is 9. The highest BCUT2D eigenvalue weighted by Crippen LogP contribution is 2.23. The molecule has 0 aliphatic carbocycles. The van der Waals surface area contributed by atoms with Crippen LogP contribution in [-0.2, 0) is 4.74 Å². The predicted molar refractivity (Wildman–Crippen MR) is 73.4 cm³/mol. The van der Waals surface area contributed by atoms with Gasteiger partial charge in [-0.2, -0.15) is 0 Å². The van der Waals surface area contributed by atoms with Crippen LogP contribution in [-0.4, -0.2) is 26.8 Å². The van der Waals surface area contributed by atoms with Gasteiger partial charge in [-0.15, -0.1) is 0 Å². The van der Waals surface area contributed by atoms with Crippen molar-refractivity contribution in [3.05, 3.63) is 35.6 Å². The van der Waals surface area contributed by atoms with Crippen molar-refractivity contribution in [3.8, 4) is 0 Å². The van der Waals surface area contributed by atoms with Gasteiger partial charge in [-0.25, -0.2) is 4.39 Å². The number of halogens is 1. The Kier molecular flexibility index (Phi) is 7.62. The van der Waals surface area contributed by atoms with Gasteiger partial charge in [0.15, 0.2) is 0 Å². The van der Waals surface area contributed by atoms with Crippen molar-refractivity contribution in [2.75, 3.05) is 26.8 Å². The standard InChI is InChI=1S/C15H24FNO/c1-3-10-17-12-13(7-6-11-18-2)14-8-4-5-9-15(14)16/h4-5,8-9,13,17H,3,6-7,10-12H2,1-2H3. The van der Waals surface area contributed by atoms with Crippen LogP contribution in [0.1, 0.15) is 37.7 Å². The van der Waals surface area contributed by atoms with Gasteiger partial charge in [-0.05, 0) is 43.4 Å². The Bertz CT molecular complexity index is 320. The molecule has 1 atom stereocenters. The summed E-state index contributed by atoms with van der Waals surface area (Å²) in [6, 6.07) is 7.07. The van der Waals surface area contributed by atoms with E-state index in [9.17, 15) is 4.39 Å². The maximum Gasteiger partial charge on any atom is 0.126 e. The number of hydrogen-bond acceptors (Lipinski definition) is 2. The molecular weight excluding hydrogens is 229 g/mol. The lowest BCUT2D eigenvalue weighted by molar-refractivity contribution is 0.190. The monoisotopic (exact) mass is 253 g/mol. The lowest BCUT2D eigenvalue weighted by Gasteiger charge is -2.18. The highest BCUT2D eigenvalue weighted by atomic mass is 19.1. The molecule has 0 radical (unpaired) electrons. The predicted octanol–water partition coefficient (Wildman–Crippen LogP) is 3.34. The van der Waals surface area contributed by atoms with E-state index in [2.05, 4.69) is 12.2 Å². The Morgan fingerprint density at radius 1 is 1.33 bits per heavy atom. The molecule has 1 rings (SSSR count). The first-order chi connectivity index (χ1) is 8.79. The fourth-order valence-electron chi connectivity index (χ4n) is 2.10. The van der Waals surface area contributed by atoms with Gasteiger partial charge < -0.3 is 10.1 Å². The second-order valence-electron chi connectivity index (χ2n) is 4.56. The topological polar surface area (TPSA) is 21.3 Å². The molecule has 0 aliphatic heterocycles. The number of nitrogens with one attached hydrogen (secondary N) is 1. The molecule has 0 spiro atoms. The normalized spacial score (nSPS) is 12.6. The van der Waals surface area contributed by atoms with E-state index in [1.54, 1.807) is 19.2 Å². The van der Waals surface area contributed by atoms with Crippen molar-refractivity contribution < 1.29 is 9.13 Å². The largest absolute Gasteiger partial charge is 0.385 e. The van der Waals surface area contributed by atoms with Gasteiger partial charge in [0, 0.05) is 20.3 Å². The van der Waals surface area contributed by atoms with Crippen molar-refractivity contribution in [1.29, 1.82) is 0 Å². The van der Waals surface area contributed by atoms with Crippen molar-refractivity contribution in [1.82, 2.24) is 5.32 Å². The third kappa shape index (κ3) is 5.15. The summed E-state index contributed by atoms with van der Waals surface area (Å²) in [6.45, 7) is 4.68. The minimum Gasteiger partial charge on any atom is -0.385 e. The van der Waals surface area contributed by atoms with Gasteiger partial charge in [0.1, 0.15) is 5.82 Å². The lowest BCUT2D eigenvalue weighted by atomic mass is 9.93. The van der Waals surface area contributed by atoms with Crippen LogP contribution in [0.3, 0.4) is 0 Å². The SMILES string of the molecule is CCCNCC(CCCOC)c1ccccc1F. The molecule has 102 valence electrons. The third-order valence-electron chi connectivity index (χ3n) is 3.06. The van der Waals surface area contributed by atoms with E-state index >= 15 is 0 Å². The molecule has 0 bridgehead atoms. The first kappa shape index (κ1) is 15.1. The number of hydrogen-bond donors (Lipinski definition) is 1. The van der Waals surface area contributed by atoms with Gasteiger partial charge in [-0.1, -0.05) is 25.1 Å². The maximum absolute atomic E-state index is 13.8. The van der Waals surface area contributed by atoms with E-state index in [0.717, 1.165) is 44.5 Å². The molecule has 2 nitrogen and oxygen atoms in total. The van der Waals surface area contributed by atoms with Gasteiger partial charge >= 0.3 is 0 Å². The van der Waals surface area contributed by atoms with Crippen LogP contribution in [0, 0.1) is 5.82 Å². The quantitative estimate of drug-likeness (QED) is 0.682. The zero-order chi connectivity index (χ0) is 13.2. The summed E-state index contributed by atoms with van der Waals surface area (Å²) in [5, 5.41) is 3.38. The van der Waals surface area contributed by atoms with Gasteiger partial charge in [0.05, 0.1) is 0 Å². The second-order valence-corrected chi connectivity index (χ2v) is 4.56. The van der Waals surface area contributed by atoms with Gasteiger partial charge in [-0.3, -0.25) is 0 Å². The molecule has 1 unspecified atom stereocenters. The van der Waals surface area contributed by atoms with Crippen molar-refractivity contribution in [3.63, 3.8) is 0 Å². The summed E-state index contributed by atoms with van der Waals surface area (Å²) >= 11 is 0. The number of methoxy groups -OCH3 is 1. The number of ether oxygens (including phenoxy) is 1. The Hall–Kier alpha value is -0.930. The first-order valence-corrected chi connectivity index (χ1v) is 6.73. The molecule has 3 heteroatoms. The molecule has 0 heterocycles. The minimum atomic E-state index is -0.0989. The molecule has 0 saturated heterocycles. The van der Waals surface area contributed by atoms with Crippen LogP contribution in [0.5, 0.6) is 0 Å². The van der Waals surface area contributed by atoms with E-state index in [1.165, 1.54) is 0 Å². The smallest absolute Gasteiger partial charge is 0.126 e. The molecule has 1 N–H and O–H groups in total. The Balaban J connectivity index is 2.60. The third-order valence-corrected chi connectivity index (χ3v) is 3.06. The number of benzene rings is 1. The van der Waals surface area contributed by atoms with Crippen LogP contribution in [0.2, 0.25) is 0 Å². The zero-order valence-corrected chi connectivity index (χ0v) is 11.4. The van der Waals surface area contributed by atoms with Crippen LogP contribution >= 0.6 is 0 Å². The van der Waals surface area contributed by atoms with Crippen LogP contribution < -0.4 is 5.32 Å². The molecule has 0 saturated carbocycles. The first-order valence-electron chi connectivity index (χ1n) is 6.73. The highest BCUT2D eigenvalue weighted by molar-refractivity contribution is 5.22. The molecule has 0 amide bonds. The lowest BCUT2D eigenvalue weighted by Crippen LogP contribution is -2.23. The summed E-state index contributed by atoms with van der Waals surface area (Å²) in [7, 11) is 1.70. The van der Waals surface area contributed by atoms with E-state index in [-0.39, 0.29) is 11.7 Å². The van der Waals surface area contributed by atoms with Crippen LogP contribution in [0.15, 0.2) is 24.3 Å². The molecule has 0 aromatic heterocycles. The molecular formula is C15H24FNO. The Morgan fingerprint density at radius 3 is 2.78 bits per heavy atom. The molecule has 1 aromatic rings. The highest BCUT2D eigenvalue weighted by Gasteiger charge is 2.14. The fourth-order valence-corrected chi connectivity index (χ4v) is 2.10. The second kappa shape index (κ2) is 9.06. The van der Waals surface area contributed by atoms with E-state index in [0.29, 0.717) is 0 Å². The van der Waals surface area contributed by atoms with Crippen LogP contribution in [0.25, 0.3) is 0 Å². The van der Waals surface area contributed by atoms with Crippen LogP contribution in [0.4, 0.5) is 4.39 Å². The van der Waals surface area contributed by atoms with Gasteiger partial charge in [0.25, 0.3) is 0 Å².